The van der Waals surface area contributed by atoms with Gasteiger partial charge in [-0.2, -0.15) is 0 Å². The smallest absolute Gasteiger partial charge is 0.271 e. The Hall–Kier alpha value is -2.53. The van der Waals surface area contributed by atoms with Crippen LogP contribution in [0.2, 0.25) is 0 Å². The molecule has 4 nitrogen and oxygen atoms in total. The minimum Gasteiger partial charge on any atom is -0.508 e. The number of hydrogen-bond acceptors (Lipinski definition) is 4. The summed E-state index contributed by atoms with van der Waals surface area (Å²) in [5.41, 5.74) is 2.47. The van der Waals surface area contributed by atoms with Crippen molar-refractivity contribution >= 4 is 34.6 Å². The summed E-state index contributed by atoms with van der Waals surface area (Å²) in [6.45, 7) is 5.82. The molecule has 0 spiro atoms. The van der Waals surface area contributed by atoms with E-state index in [0.717, 1.165) is 16.8 Å². The highest BCUT2D eigenvalue weighted by Crippen LogP contribution is 2.36. The van der Waals surface area contributed by atoms with Crippen molar-refractivity contribution in [3.05, 3.63) is 64.6 Å². The monoisotopic (exact) mass is 352 g/mol. The van der Waals surface area contributed by atoms with E-state index in [2.05, 4.69) is 4.99 Å². The van der Waals surface area contributed by atoms with Crippen LogP contribution >= 0.6 is 11.8 Å². The number of benzene rings is 2. The number of phenolic OH excluding ortho intramolecular Hbond substituents is 1. The molecule has 1 fully saturated rings. The molecule has 2 aromatic carbocycles. The Balaban J connectivity index is 2.01. The summed E-state index contributed by atoms with van der Waals surface area (Å²) in [6.07, 6.45) is 1.85. The summed E-state index contributed by atoms with van der Waals surface area (Å²) in [6, 6.07) is 14.9. The normalized spacial score (nSPS) is 17.9. The van der Waals surface area contributed by atoms with Gasteiger partial charge in [0.05, 0.1) is 10.6 Å². The molecule has 1 amide bonds. The van der Waals surface area contributed by atoms with Crippen molar-refractivity contribution < 1.29 is 9.90 Å². The first-order valence-corrected chi connectivity index (χ1v) is 8.94. The number of thioether (sulfide) groups is 1. The molecule has 0 unspecified atom stereocenters. The Morgan fingerprint density at radius 1 is 1.16 bits per heavy atom. The van der Waals surface area contributed by atoms with Gasteiger partial charge >= 0.3 is 0 Å². The van der Waals surface area contributed by atoms with Gasteiger partial charge in [-0.05, 0) is 74.0 Å². The lowest BCUT2D eigenvalue weighted by atomic mass is 10.1. The fourth-order valence-corrected chi connectivity index (χ4v) is 3.62. The molecule has 1 saturated heterocycles. The van der Waals surface area contributed by atoms with Gasteiger partial charge in [-0.3, -0.25) is 14.7 Å². The molecule has 0 aromatic heterocycles. The van der Waals surface area contributed by atoms with Crippen molar-refractivity contribution in [3.63, 3.8) is 0 Å². The zero-order valence-corrected chi connectivity index (χ0v) is 15.2. The average Bonchev–Trinajstić information content (AvgIpc) is 2.86. The highest BCUT2D eigenvalue weighted by Gasteiger charge is 2.34. The third-order valence-electron chi connectivity index (χ3n) is 3.71. The van der Waals surface area contributed by atoms with Crippen LogP contribution in [0, 0.1) is 6.92 Å². The second-order valence-corrected chi connectivity index (χ2v) is 7.15. The third-order valence-corrected chi connectivity index (χ3v) is 4.69. The number of amides is 1. The summed E-state index contributed by atoms with van der Waals surface area (Å²) in [4.78, 5) is 19.8. The summed E-state index contributed by atoms with van der Waals surface area (Å²) in [5.74, 6) is 0.168. The molecule has 1 aliphatic heterocycles. The van der Waals surface area contributed by atoms with E-state index in [1.807, 2.05) is 63.2 Å². The van der Waals surface area contributed by atoms with Gasteiger partial charge in [-0.25, -0.2) is 0 Å². The predicted octanol–water partition coefficient (Wildman–Crippen LogP) is 4.59. The van der Waals surface area contributed by atoms with Crippen LogP contribution < -0.4 is 4.90 Å². The molecule has 1 heterocycles. The van der Waals surface area contributed by atoms with Crippen molar-refractivity contribution in [1.82, 2.24) is 0 Å². The minimum absolute atomic E-state index is 0.0821. The number of rotatable bonds is 3. The molecule has 1 aliphatic rings. The van der Waals surface area contributed by atoms with Gasteiger partial charge < -0.3 is 5.11 Å². The van der Waals surface area contributed by atoms with Crippen molar-refractivity contribution in [2.75, 3.05) is 4.90 Å². The molecule has 128 valence electrons. The van der Waals surface area contributed by atoms with Crippen LogP contribution in [-0.4, -0.2) is 22.2 Å². The lowest BCUT2D eigenvalue weighted by Gasteiger charge is -2.16. The summed E-state index contributed by atoms with van der Waals surface area (Å²) in [5, 5.41) is 10.4. The van der Waals surface area contributed by atoms with E-state index < -0.39 is 0 Å². The van der Waals surface area contributed by atoms with Gasteiger partial charge in [0.25, 0.3) is 5.91 Å². The van der Waals surface area contributed by atoms with Gasteiger partial charge in [0, 0.05) is 6.04 Å². The topological polar surface area (TPSA) is 52.9 Å². The van der Waals surface area contributed by atoms with Crippen LogP contribution in [0.5, 0.6) is 5.75 Å². The van der Waals surface area contributed by atoms with Crippen LogP contribution in [0.1, 0.15) is 25.0 Å². The first-order chi connectivity index (χ1) is 12.0. The van der Waals surface area contributed by atoms with Crippen LogP contribution in [0.3, 0.4) is 0 Å². The Kier molecular flexibility index (Phi) is 4.95. The lowest BCUT2D eigenvalue weighted by Crippen LogP contribution is -2.29. The van der Waals surface area contributed by atoms with E-state index in [1.54, 1.807) is 17.0 Å². The molecule has 0 radical (unpaired) electrons. The van der Waals surface area contributed by atoms with Crippen molar-refractivity contribution in [3.8, 4) is 5.75 Å². The second kappa shape index (κ2) is 7.15. The number of carbonyl (C=O) groups excluding carboxylic acids is 1. The van der Waals surface area contributed by atoms with Gasteiger partial charge in [0.15, 0.2) is 5.17 Å². The number of aromatic hydroxyl groups is 1. The second-order valence-electron chi connectivity index (χ2n) is 6.14. The highest BCUT2D eigenvalue weighted by molar-refractivity contribution is 8.19. The number of carbonyl (C=O) groups is 1. The van der Waals surface area contributed by atoms with E-state index in [1.165, 1.54) is 11.8 Å². The summed E-state index contributed by atoms with van der Waals surface area (Å²) < 4.78 is 0. The standard InChI is InChI=1S/C20H20N2O2S/c1-13(2)21-20-22(16-7-5-4-6-8-16)19(24)18(25-20)12-15-9-10-17(23)14(3)11-15/h4-13,23H,1-3H3/b18-12-,21-20?. The molecule has 1 N–H and O–H groups in total. The molecule has 0 aliphatic carbocycles. The number of amidine groups is 1. The predicted molar refractivity (Wildman–Crippen MR) is 105 cm³/mol. The molecular weight excluding hydrogens is 332 g/mol. The third kappa shape index (κ3) is 3.77. The number of nitrogens with zero attached hydrogens (tertiary/aromatic N) is 2. The van der Waals surface area contributed by atoms with Crippen LogP contribution in [0.4, 0.5) is 5.69 Å². The van der Waals surface area contributed by atoms with E-state index >= 15 is 0 Å². The molecular formula is C20H20N2O2S. The quantitative estimate of drug-likeness (QED) is 0.822. The maximum absolute atomic E-state index is 13.0. The Labute approximate surface area is 151 Å². The number of para-hydroxylation sites is 1. The van der Waals surface area contributed by atoms with Gasteiger partial charge in [-0.15, -0.1) is 0 Å². The zero-order chi connectivity index (χ0) is 18.0. The zero-order valence-electron chi connectivity index (χ0n) is 14.4. The number of hydrogen-bond donors (Lipinski definition) is 1. The molecule has 2 aromatic rings. The lowest BCUT2D eigenvalue weighted by molar-refractivity contribution is -0.113. The van der Waals surface area contributed by atoms with E-state index in [9.17, 15) is 9.90 Å². The maximum atomic E-state index is 13.0. The van der Waals surface area contributed by atoms with Crippen molar-refractivity contribution in [2.24, 2.45) is 4.99 Å². The molecule has 0 bridgehead atoms. The number of aryl methyl sites for hydroxylation is 1. The Bertz CT molecular complexity index is 857. The molecule has 5 heteroatoms. The minimum atomic E-state index is -0.0821. The molecule has 3 rings (SSSR count). The number of phenols is 1. The SMILES string of the molecule is Cc1cc(/C=C2\SC(=NC(C)C)N(c3ccccc3)C2=O)ccc1O. The van der Waals surface area contributed by atoms with Gasteiger partial charge in [0.2, 0.25) is 0 Å². The van der Waals surface area contributed by atoms with E-state index in [0.29, 0.717) is 10.1 Å². The maximum Gasteiger partial charge on any atom is 0.271 e. The van der Waals surface area contributed by atoms with Crippen molar-refractivity contribution in [1.29, 1.82) is 0 Å². The fraction of sp³-hybridized carbons (Fsp3) is 0.200. The van der Waals surface area contributed by atoms with Crippen LogP contribution in [0.25, 0.3) is 6.08 Å². The van der Waals surface area contributed by atoms with E-state index in [4.69, 9.17) is 0 Å². The Morgan fingerprint density at radius 2 is 1.88 bits per heavy atom. The molecule has 0 saturated carbocycles. The molecule has 25 heavy (non-hydrogen) atoms. The fourth-order valence-electron chi connectivity index (χ4n) is 2.51. The van der Waals surface area contributed by atoms with Crippen LogP contribution in [0.15, 0.2) is 58.4 Å². The summed E-state index contributed by atoms with van der Waals surface area (Å²) in [7, 11) is 0. The number of aliphatic imine (C=N–C) groups is 1. The average molecular weight is 352 g/mol. The number of anilines is 1. The highest BCUT2D eigenvalue weighted by atomic mass is 32.2. The van der Waals surface area contributed by atoms with E-state index in [-0.39, 0.29) is 17.7 Å². The van der Waals surface area contributed by atoms with Gasteiger partial charge in [-0.1, -0.05) is 24.3 Å². The molecule has 0 atom stereocenters. The first kappa shape index (κ1) is 17.3. The van der Waals surface area contributed by atoms with Gasteiger partial charge in [0.1, 0.15) is 5.75 Å². The largest absolute Gasteiger partial charge is 0.508 e. The summed E-state index contributed by atoms with van der Waals surface area (Å²) >= 11 is 1.38. The van der Waals surface area contributed by atoms with Crippen molar-refractivity contribution in [2.45, 2.75) is 26.8 Å². The van der Waals surface area contributed by atoms with Crippen LogP contribution in [-0.2, 0) is 4.79 Å². The first-order valence-electron chi connectivity index (χ1n) is 8.12. The Morgan fingerprint density at radius 3 is 2.52 bits per heavy atom.